The molecule has 0 aliphatic rings. The van der Waals surface area contributed by atoms with E-state index in [1.165, 1.54) is 6.39 Å². The minimum absolute atomic E-state index is 0.00630. The predicted molar refractivity (Wildman–Crippen MR) is 54.9 cm³/mol. The number of carbonyl (C=O) groups excluding carboxylic acids is 1. The fourth-order valence-electron chi connectivity index (χ4n) is 1.21. The molecule has 15 heavy (non-hydrogen) atoms. The molecule has 1 aromatic rings. The Labute approximate surface area is 89.3 Å². The molecule has 0 aromatic carbocycles. The molecule has 0 aliphatic carbocycles. The van der Waals surface area contributed by atoms with E-state index in [0.717, 1.165) is 0 Å². The van der Waals surface area contributed by atoms with Gasteiger partial charge in [0.2, 0.25) is 18.2 Å². The summed E-state index contributed by atoms with van der Waals surface area (Å²) in [6.07, 6.45) is 1.73. The van der Waals surface area contributed by atoms with Crippen LogP contribution < -0.4 is 5.32 Å². The van der Waals surface area contributed by atoms with E-state index in [9.17, 15) is 4.79 Å². The number of aromatic nitrogens is 2. The molecule has 0 saturated carbocycles. The zero-order chi connectivity index (χ0) is 11.5. The van der Waals surface area contributed by atoms with Crippen LogP contribution in [-0.2, 0) is 4.79 Å². The average Bonchev–Trinajstić information content (AvgIpc) is 2.50. The maximum Gasteiger partial charge on any atom is 0.238 e. The van der Waals surface area contributed by atoms with Crippen molar-refractivity contribution in [2.75, 3.05) is 0 Å². The van der Waals surface area contributed by atoms with Crippen LogP contribution in [0.25, 0.3) is 0 Å². The summed E-state index contributed by atoms with van der Waals surface area (Å²) in [4.78, 5) is 11.6. The van der Waals surface area contributed by atoms with E-state index in [2.05, 4.69) is 15.5 Å². The lowest BCUT2D eigenvalue weighted by atomic mass is 9.92. The second-order valence-corrected chi connectivity index (χ2v) is 4.80. The number of rotatable bonds is 3. The van der Waals surface area contributed by atoms with Crippen LogP contribution >= 0.6 is 0 Å². The van der Waals surface area contributed by atoms with Crippen molar-refractivity contribution in [1.82, 2.24) is 15.5 Å². The maximum atomic E-state index is 11.6. The molecule has 0 spiro atoms. The van der Waals surface area contributed by atoms with Crippen LogP contribution in [0, 0.1) is 5.41 Å². The molecule has 1 N–H and O–H groups in total. The third kappa shape index (κ3) is 4.10. The summed E-state index contributed by atoms with van der Waals surface area (Å²) in [5, 5.41) is 10.1. The molecule has 1 aromatic heterocycles. The molecule has 5 heteroatoms. The lowest BCUT2D eigenvalue weighted by molar-refractivity contribution is -0.123. The Kier molecular flexibility index (Phi) is 3.44. The van der Waals surface area contributed by atoms with Crippen molar-refractivity contribution in [2.45, 2.75) is 40.2 Å². The quantitative estimate of drug-likeness (QED) is 0.826. The van der Waals surface area contributed by atoms with Crippen molar-refractivity contribution in [3.63, 3.8) is 0 Å². The first-order valence-electron chi connectivity index (χ1n) is 4.94. The summed E-state index contributed by atoms with van der Waals surface area (Å²) in [7, 11) is 0. The van der Waals surface area contributed by atoms with E-state index in [1.807, 2.05) is 27.7 Å². The van der Waals surface area contributed by atoms with E-state index in [1.54, 1.807) is 0 Å². The summed E-state index contributed by atoms with van der Waals surface area (Å²) < 4.78 is 4.99. The van der Waals surface area contributed by atoms with Crippen LogP contribution in [0.3, 0.4) is 0 Å². The molecule has 0 bridgehead atoms. The molecule has 0 saturated heterocycles. The van der Waals surface area contributed by atoms with Gasteiger partial charge in [-0.05, 0) is 12.3 Å². The topological polar surface area (TPSA) is 68.0 Å². The van der Waals surface area contributed by atoms with E-state index in [4.69, 9.17) is 4.42 Å². The van der Waals surface area contributed by atoms with Crippen LogP contribution in [0.15, 0.2) is 10.8 Å². The first-order valence-corrected chi connectivity index (χ1v) is 4.94. The largest absolute Gasteiger partial charge is 0.426 e. The standard InChI is InChI=1S/C10H17N3O2/c1-7(9-13-11-6-15-9)12-8(14)5-10(2,3)4/h6-7H,5H2,1-4H3,(H,12,14)/t7-/m1/s1. The number of amides is 1. The van der Waals surface area contributed by atoms with E-state index < -0.39 is 0 Å². The van der Waals surface area contributed by atoms with Gasteiger partial charge in [-0.3, -0.25) is 4.79 Å². The summed E-state index contributed by atoms with van der Waals surface area (Å²) in [6.45, 7) is 7.87. The lowest BCUT2D eigenvalue weighted by Gasteiger charge is -2.18. The molecule has 84 valence electrons. The van der Waals surface area contributed by atoms with Crippen molar-refractivity contribution in [3.05, 3.63) is 12.3 Å². The second kappa shape index (κ2) is 4.42. The van der Waals surface area contributed by atoms with E-state index in [-0.39, 0.29) is 17.4 Å². The van der Waals surface area contributed by atoms with E-state index >= 15 is 0 Å². The van der Waals surface area contributed by atoms with Crippen LogP contribution in [0.4, 0.5) is 0 Å². The smallest absolute Gasteiger partial charge is 0.238 e. The summed E-state index contributed by atoms with van der Waals surface area (Å²) in [5.41, 5.74) is -0.0152. The zero-order valence-electron chi connectivity index (χ0n) is 9.57. The minimum Gasteiger partial charge on any atom is -0.426 e. The molecule has 1 atom stereocenters. The normalized spacial score (nSPS) is 13.6. The lowest BCUT2D eigenvalue weighted by Crippen LogP contribution is -2.30. The average molecular weight is 211 g/mol. The van der Waals surface area contributed by atoms with Gasteiger partial charge < -0.3 is 9.73 Å². The van der Waals surface area contributed by atoms with Crippen molar-refractivity contribution < 1.29 is 9.21 Å². The van der Waals surface area contributed by atoms with Crippen molar-refractivity contribution in [1.29, 1.82) is 0 Å². The molecule has 1 heterocycles. The van der Waals surface area contributed by atoms with Crippen molar-refractivity contribution >= 4 is 5.91 Å². The highest BCUT2D eigenvalue weighted by Crippen LogP contribution is 2.19. The Morgan fingerprint density at radius 2 is 2.27 bits per heavy atom. The van der Waals surface area contributed by atoms with Crippen LogP contribution in [0.1, 0.15) is 46.0 Å². The first-order chi connectivity index (χ1) is 6.88. The maximum absolute atomic E-state index is 11.6. The fraction of sp³-hybridized carbons (Fsp3) is 0.700. The monoisotopic (exact) mass is 211 g/mol. The Morgan fingerprint density at radius 1 is 1.60 bits per heavy atom. The Balaban J connectivity index is 2.45. The fourth-order valence-corrected chi connectivity index (χ4v) is 1.21. The Hall–Kier alpha value is -1.39. The van der Waals surface area contributed by atoms with Gasteiger partial charge in [0.1, 0.15) is 6.04 Å². The van der Waals surface area contributed by atoms with Gasteiger partial charge in [-0.2, -0.15) is 0 Å². The first kappa shape index (κ1) is 11.7. The number of nitrogens with one attached hydrogen (secondary N) is 1. The van der Waals surface area contributed by atoms with Crippen LogP contribution in [0.5, 0.6) is 0 Å². The molecular weight excluding hydrogens is 194 g/mol. The zero-order valence-corrected chi connectivity index (χ0v) is 9.57. The van der Waals surface area contributed by atoms with Gasteiger partial charge in [0.05, 0.1) is 0 Å². The number of nitrogens with zero attached hydrogens (tertiary/aromatic N) is 2. The van der Waals surface area contributed by atoms with Crippen LogP contribution in [0.2, 0.25) is 0 Å². The minimum atomic E-state index is -0.234. The summed E-state index contributed by atoms with van der Waals surface area (Å²) >= 11 is 0. The third-order valence-electron chi connectivity index (χ3n) is 1.82. The summed E-state index contributed by atoms with van der Waals surface area (Å²) in [5.74, 6) is 0.422. The van der Waals surface area contributed by atoms with Gasteiger partial charge >= 0.3 is 0 Å². The number of carbonyl (C=O) groups is 1. The van der Waals surface area contributed by atoms with Gasteiger partial charge in [0.25, 0.3) is 0 Å². The molecule has 1 rings (SSSR count). The third-order valence-corrected chi connectivity index (χ3v) is 1.82. The second-order valence-electron chi connectivity index (χ2n) is 4.80. The van der Waals surface area contributed by atoms with Crippen LogP contribution in [-0.4, -0.2) is 16.1 Å². The highest BCUT2D eigenvalue weighted by atomic mass is 16.4. The predicted octanol–water partition coefficient (Wildman–Crippen LogP) is 1.68. The Morgan fingerprint density at radius 3 is 2.73 bits per heavy atom. The van der Waals surface area contributed by atoms with Gasteiger partial charge in [-0.15, -0.1) is 10.2 Å². The van der Waals surface area contributed by atoms with Crippen molar-refractivity contribution in [3.8, 4) is 0 Å². The molecule has 0 unspecified atom stereocenters. The van der Waals surface area contributed by atoms with Gasteiger partial charge in [-0.1, -0.05) is 20.8 Å². The molecule has 0 fully saturated rings. The molecular formula is C10H17N3O2. The van der Waals surface area contributed by atoms with Gasteiger partial charge in [0, 0.05) is 6.42 Å². The number of hydrogen-bond acceptors (Lipinski definition) is 4. The highest BCUT2D eigenvalue weighted by molar-refractivity contribution is 5.76. The highest BCUT2D eigenvalue weighted by Gasteiger charge is 2.19. The summed E-state index contributed by atoms with van der Waals surface area (Å²) in [6, 6.07) is -0.234. The molecule has 5 nitrogen and oxygen atoms in total. The molecule has 0 aliphatic heterocycles. The molecule has 1 amide bonds. The Bertz CT molecular complexity index is 314. The van der Waals surface area contributed by atoms with Gasteiger partial charge in [0.15, 0.2) is 0 Å². The van der Waals surface area contributed by atoms with E-state index in [0.29, 0.717) is 12.3 Å². The SMILES string of the molecule is C[C@@H](NC(=O)CC(C)(C)C)c1nnco1. The van der Waals surface area contributed by atoms with Crippen molar-refractivity contribution in [2.24, 2.45) is 5.41 Å². The molecule has 0 radical (unpaired) electrons. The number of hydrogen-bond donors (Lipinski definition) is 1. The van der Waals surface area contributed by atoms with Gasteiger partial charge in [-0.25, -0.2) is 0 Å².